The zero-order valence-corrected chi connectivity index (χ0v) is 10.0. The quantitative estimate of drug-likeness (QED) is 0.705. The molecule has 0 bridgehead atoms. The van der Waals surface area contributed by atoms with Gasteiger partial charge in [0.25, 0.3) is 0 Å². The molecular weight excluding hydrogens is 250 g/mol. The topological polar surface area (TPSA) is 47.9 Å². The van der Waals surface area contributed by atoms with Crippen LogP contribution in [0.25, 0.3) is 10.8 Å². The van der Waals surface area contributed by atoms with Crippen LogP contribution in [0.4, 0.5) is 0 Å². The van der Waals surface area contributed by atoms with Crippen LogP contribution in [0.5, 0.6) is 11.6 Å². The first kappa shape index (κ1) is 10.9. The van der Waals surface area contributed by atoms with E-state index in [-0.39, 0.29) is 0 Å². The van der Waals surface area contributed by atoms with Crippen molar-refractivity contribution in [1.29, 1.82) is 0 Å². The van der Waals surface area contributed by atoms with Gasteiger partial charge in [-0.1, -0.05) is 23.7 Å². The first-order valence-electron chi connectivity index (χ1n) is 5.31. The summed E-state index contributed by atoms with van der Waals surface area (Å²) >= 11 is 5.77. The SMILES string of the molecule is Clc1cncc(Oc2cccc3cnccc23)n1. The number of pyridine rings is 1. The lowest BCUT2D eigenvalue weighted by Crippen LogP contribution is -1.90. The Morgan fingerprint density at radius 3 is 2.83 bits per heavy atom. The Morgan fingerprint density at radius 1 is 1.00 bits per heavy atom. The molecule has 4 nitrogen and oxygen atoms in total. The van der Waals surface area contributed by atoms with Crippen LogP contribution in [0.2, 0.25) is 5.15 Å². The largest absolute Gasteiger partial charge is 0.437 e. The average molecular weight is 258 g/mol. The predicted octanol–water partition coefficient (Wildman–Crippen LogP) is 3.47. The second kappa shape index (κ2) is 4.58. The number of ether oxygens (including phenoxy) is 1. The first-order chi connectivity index (χ1) is 8.83. The molecule has 3 aromatic rings. The number of nitrogens with zero attached hydrogens (tertiary/aromatic N) is 3. The van der Waals surface area contributed by atoms with Crippen molar-refractivity contribution in [2.24, 2.45) is 0 Å². The van der Waals surface area contributed by atoms with Gasteiger partial charge in [-0.3, -0.25) is 9.97 Å². The van der Waals surface area contributed by atoms with Crippen molar-refractivity contribution >= 4 is 22.4 Å². The minimum Gasteiger partial charge on any atom is -0.437 e. The van der Waals surface area contributed by atoms with E-state index in [9.17, 15) is 0 Å². The molecule has 0 aliphatic carbocycles. The van der Waals surface area contributed by atoms with Crippen LogP contribution in [0.15, 0.2) is 49.1 Å². The molecule has 18 heavy (non-hydrogen) atoms. The van der Waals surface area contributed by atoms with Crippen molar-refractivity contribution in [3.8, 4) is 11.6 Å². The highest BCUT2D eigenvalue weighted by atomic mass is 35.5. The summed E-state index contributed by atoms with van der Waals surface area (Å²) in [6.45, 7) is 0. The van der Waals surface area contributed by atoms with Crippen molar-refractivity contribution < 1.29 is 4.74 Å². The Balaban J connectivity index is 2.05. The van der Waals surface area contributed by atoms with Gasteiger partial charge in [0.05, 0.1) is 12.4 Å². The third-order valence-corrected chi connectivity index (χ3v) is 2.62. The number of rotatable bonds is 2. The second-order valence-corrected chi connectivity index (χ2v) is 4.02. The summed E-state index contributed by atoms with van der Waals surface area (Å²) in [4.78, 5) is 12.0. The molecule has 88 valence electrons. The van der Waals surface area contributed by atoms with E-state index in [0.717, 1.165) is 10.8 Å². The van der Waals surface area contributed by atoms with Gasteiger partial charge >= 0.3 is 0 Å². The molecule has 0 amide bonds. The molecule has 3 rings (SSSR count). The standard InChI is InChI=1S/C13H8ClN3O/c14-12-7-16-8-13(17-12)18-11-3-1-2-9-6-15-5-4-10(9)11/h1-8H. The Labute approximate surface area is 108 Å². The van der Waals surface area contributed by atoms with Gasteiger partial charge in [-0.25, -0.2) is 0 Å². The van der Waals surface area contributed by atoms with Crippen LogP contribution in [0, 0.1) is 0 Å². The van der Waals surface area contributed by atoms with E-state index in [4.69, 9.17) is 16.3 Å². The molecule has 2 heterocycles. The Hall–Kier alpha value is -2.20. The Bertz CT molecular complexity index is 697. The maximum absolute atomic E-state index is 5.77. The van der Waals surface area contributed by atoms with Crippen LogP contribution in [-0.4, -0.2) is 15.0 Å². The van der Waals surface area contributed by atoms with E-state index in [1.807, 2.05) is 24.3 Å². The molecule has 5 heteroatoms. The van der Waals surface area contributed by atoms with Gasteiger partial charge in [-0.05, 0) is 12.1 Å². The maximum atomic E-state index is 5.77. The van der Waals surface area contributed by atoms with E-state index in [0.29, 0.717) is 16.8 Å². The predicted molar refractivity (Wildman–Crippen MR) is 68.9 cm³/mol. The number of hydrogen-bond donors (Lipinski definition) is 0. The number of aromatic nitrogens is 3. The zero-order valence-electron chi connectivity index (χ0n) is 9.25. The molecule has 2 aromatic heterocycles. The molecule has 0 atom stereocenters. The number of hydrogen-bond acceptors (Lipinski definition) is 4. The first-order valence-corrected chi connectivity index (χ1v) is 5.69. The molecule has 0 spiro atoms. The smallest absolute Gasteiger partial charge is 0.239 e. The van der Waals surface area contributed by atoms with Gasteiger partial charge in [-0.15, -0.1) is 0 Å². The molecule has 0 aliphatic rings. The van der Waals surface area contributed by atoms with E-state index < -0.39 is 0 Å². The second-order valence-electron chi connectivity index (χ2n) is 3.64. The number of halogens is 1. The van der Waals surface area contributed by atoms with Gasteiger partial charge in [0.1, 0.15) is 5.75 Å². The summed E-state index contributed by atoms with van der Waals surface area (Å²) in [7, 11) is 0. The maximum Gasteiger partial charge on any atom is 0.239 e. The summed E-state index contributed by atoms with van der Waals surface area (Å²) in [5.41, 5.74) is 0. The Morgan fingerprint density at radius 2 is 1.94 bits per heavy atom. The van der Waals surface area contributed by atoms with Crippen LogP contribution < -0.4 is 4.74 Å². The Kier molecular flexibility index (Phi) is 2.78. The fourth-order valence-corrected chi connectivity index (χ4v) is 1.81. The monoisotopic (exact) mass is 257 g/mol. The summed E-state index contributed by atoms with van der Waals surface area (Å²) in [5.74, 6) is 1.07. The molecule has 0 unspecified atom stereocenters. The molecule has 0 radical (unpaired) electrons. The lowest BCUT2D eigenvalue weighted by Gasteiger charge is -2.07. The van der Waals surface area contributed by atoms with Crippen molar-refractivity contribution in [3.05, 3.63) is 54.2 Å². The zero-order chi connectivity index (χ0) is 12.4. The number of fused-ring (bicyclic) bond motifs is 1. The van der Waals surface area contributed by atoms with Crippen LogP contribution in [0.1, 0.15) is 0 Å². The van der Waals surface area contributed by atoms with E-state index in [1.54, 1.807) is 12.4 Å². The van der Waals surface area contributed by atoms with Crippen LogP contribution >= 0.6 is 11.6 Å². The number of benzene rings is 1. The molecule has 0 aliphatic heterocycles. The van der Waals surface area contributed by atoms with Crippen molar-refractivity contribution in [2.45, 2.75) is 0 Å². The summed E-state index contributed by atoms with van der Waals surface area (Å²) in [5, 5.41) is 2.27. The molecule has 0 N–H and O–H groups in total. The van der Waals surface area contributed by atoms with Crippen LogP contribution in [-0.2, 0) is 0 Å². The minimum absolute atomic E-state index is 0.300. The van der Waals surface area contributed by atoms with E-state index in [1.165, 1.54) is 12.4 Å². The third kappa shape index (κ3) is 2.10. The molecule has 0 saturated carbocycles. The van der Waals surface area contributed by atoms with Gasteiger partial charge in [0.2, 0.25) is 5.88 Å². The fourth-order valence-electron chi connectivity index (χ4n) is 1.67. The molecule has 0 fully saturated rings. The lowest BCUT2D eigenvalue weighted by atomic mass is 10.1. The van der Waals surface area contributed by atoms with Crippen molar-refractivity contribution in [3.63, 3.8) is 0 Å². The summed E-state index contributed by atoms with van der Waals surface area (Å²) in [6.07, 6.45) is 6.48. The summed E-state index contributed by atoms with van der Waals surface area (Å²) in [6, 6.07) is 7.63. The van der Waals surface area contributed by atoms with Gasteiger partial charge in [0.15, 0.2) is 5.15 Å². The average Bonchev–Trinajstić information content (AvgIpc) is 2.39. The van der Waals surface area contributed by atoms with Crippen LogP contribution in [0.3, 0.4) is 0 Å². The summed E-state index contributed by atoms with van der Waals surface area (Å²) < 4.78 is 5.69. The highest BCUT2D eigenvalue weighted by Gasteiger charge is 2.04. The molecular formula is C13H8ClN3O. The minimum atomic E-state index is 0.300. The fraction of sp³-hybridized carbons (Fsp3) is 0. The van der Waals surface area contributed by atoms with Gasteiger partial charge in [-0.2, -0.15) is 4.98 Å². The third-order valence-electron chi connectivity index (χ3n) is 2.44. The molecule has 1 aromatic carbocycles. The molecule has 0 saturated heterocycles. The highest BCUT2D eigenvalue weighted by Crippen LogP contribution is 2.28. The van der Waals surface area contributed by atoms with Gasteiger partial charge < -0.3 is 4.74 Å². The normalized spacial score (nSPS) is 10.5. The van der Waals surface area contributed by atoms with E-state index in [2.05, 4.69) is 15.0 Å². The lowest BCUT2D eigenvalue weighted by molar-refractivity contribution is 0.465. The highest BCUT2D eigenvalue weighted by molar-refractivity contribution is 6.29. The van der Waals surface area contributed by atoms with Crippen molar-refractivity contribution in [1.82, 2.24) is 15.0 Å². The van der Waals surface area contributed by atoms with E-state index >= 15 is 0 Å². The van der Waals surface area contributed by atoms with Crippen molar-refractivity contribution in [2.75, 3.05) is 0 Å². The van der Waals surface area contributed by atoms with Gasteiger partial charge in [0, 0.05) is 23.2 Å².